The molecule has 1 fully saturated rings. The molecule has 78 valence electrons. The number of aliphatic hydroxyl groups excluding tert-OH is 1. The maximum atomic E-state index is 9.61. The van der Waals surface area contributed by atoms with Crippen LogP contribution >= 0.6 is 11.3 Å². The minimum atomic E-state index is -0.0443. The number of thiophene rings is 1. The van der Waals surface area contributed by atoms with Crippen LogP contribution < -0.4 is 0 Å². The molecule has 0 bridgehead atoms. The number of hydrogen-bond acceptors (Lipinski definition) is 2. The molecule has 0 amide bonds. The van der Waals surface area contributed by atoms with Crippen molar-refractivity contribution < 1.29 is 5.11 Å². The second-order valence-electron chi connectivity index (χ2n) is 4.14. The predicted octanol–water partition coefficient (Wildman–Crippen LogP) is 3.18. The Morgan fingerprint density at radius 2 is 2.21 bits per heavy atom. The molecule has 2 heteroatoms. The van der Waals surface area contributed by atoms with Crippen molar-refractivity contribution in [1.29, 1.82) is 0 Å². The molecule has 3 atom stereocenters. The molecule has 2 rings (SSSR count). The first-order valence-corrected chi connectivity index (χ1v) is 6.34. The summed E-state index contributed by atoms with van der Waals surface area (Å²) in [5, 5.41) is 9.61. The first kappa shape index (κ1) is 10.2. The van der Waals surface area contributed by atoms with E-state index in [0.717, 1.165) is 19.3 Å². The third kappa shape index (κ3) is 1.61. The van der Waals surface area contributed by atoms with E-state index in [1.54, 1.807) is 0 Å². The van der Waals surface area contributed by atoms with Gasteiger partial charge in [0, 0.05) is 15.7 Å². The van der Waals surface area contributed by atoms with Crippen LogP contribution in [-0.4, -0.2) is 11.2 Å². The smallest absolute Gasteiger partial charge is 0.0580 e. The van der Waals surface area contributed by atoms with E-state index in [0.29, 0.717) is 11.8 Å². The SMILES string of the molecule is CCc1ccc(C2CC(O)C2CC)s1. The first-order valence-electron chi connectivity index (χ1n) is 5.52. The van der Waals surface area contributed by atoms with Crippen molar-refractivity contribution in [1.82, 2.24) is 0 Å². The lowest BCUT2D eigenvalue weighted by Gasteiger charge is -2.40. The van der Waals surface area contributed by atoms with E-state index in [2.05, 4.69) is 26.0 Å². The number of hydrogen-bond donors (Lipinski definition) is 1. The maximum Gasteiger partial charge on any atom is 0.0580 e. The van der Waals surface area contributed by atoms with Crippen molar-refractivity contribution in [3.05, 3.63) is 21.9 Å². The van der Waals surface area contributed by atoms with Gasteiger partial charge in [0.1, 0.15) is 0 Å². The molecule has 1 aliphatic rings. The van der Waals surface area contributed by atoms with Crippen molar-refractivity contribution in [3.8, 4) is 0 Å². The Kier molecular flexibility index (Phi) is 2.93. The number of aryl methyl sites for hydroxylation is 1. The lowest BCUT2D eigenvalue weighted by molar-refractivity contribution is 0.000488. The van der Waals surface area contributed by atoms with Gasteiger partial charge in [-0.25, -0.2) is 0 Å². The Morgan fingerprint density at radius 3 is 2.71 bits per heavy atom. The molecular weight excluding hydrogens is 192 g/mol. The molecule has 0 radical (unpaired) electrons. The van der Waals surface area contributed by atoms with Gasteiger partial charge in [0.15, 0.2) is 0 Å². The molecule has 3 unspecified atom stereocenters. The minimum Gasteiger partial charge on any atom is -0.393 e. The lowest BCUT2D eigenvalue weighted by atomic mass is 9.69. The monoisotopic (exact) mass is 210 g/mol. The van der Waals surface area contributed by atoms with E-state index in [-0.39, 0.29) is 6.10 Å². The summed E-state index contributed by atoms with van der Waals surface area (Å²) < 4.78 is 0. The third-order valence-electron chi connectivity index (χ3n) is 3.37. The molecule has 1 saturated carbocycles. The highest BCUT2D eigenvalue weighted by molar-refractivity contribution is 7.12. The van der Waals surface area contributed by atoms with Crippen LogP contribution in [0.2, 0.25) is 0 Å². The van der Waals surface area contributed by atoms with Crippen LogP contribution in [0.5, 0.6) is 0 Å². The van der Waals surface area contributed by atoms with Gasteiger partial charge >= 0.3 is 0 Å². The summed E-state index contributed by atoms with van der Waals surface area (Å²) in [6, 6.07) is 4.49. The van der Waals surface area contributed by atoms with Gasteiger partial charge in [0.2, 0.25) is 0 Å². The van der Waals surface area contributed by atoms with Gasteiger partial charge in [-0.1, -0.05) is 20.3 Å². The fourth-order valence-electron chi connectivity index (χ4n) is 2.35. The normalized spacial score (nSPS) is 31.5. The largest absolute Gasteiger partial charge is 0.393 e. The first-order chi connectivity index (χ1) is 6.76. The zero-order valence-corrected chi connectivity index (χ0v) is 9.68. The molecule has 14 heavy (non-hydrogen) atoms. The van der Waals surface area contributed by atoms with Gasteiger partial charge in [0.05, 0.1) is 6.10 Å². The standard InChI is InChI=1S/C12H18OS/c1-3-8-5-6-12(14-8)10-7-11(13)9(10)4-2/h5-6,9-11,13H,3-4,7H2,1-2H3. The van der Waals surface area contributed by atoms with Gasteiger partial charge in [-0.05, 0) is 30.9 Å². The fourth-order valence-corrected chi connectivity index (χ4v) is 3.49. The van der Waals surface area contributed by atoms with Crippen molar-refractivity contribution in [3.63, 3.8) is 0 Å². The Bertz CT molecular complexity index is 305. The molecule has 1 N–H and O–H groups in total. The van der Waals surface area contributed by atoms with Crippen LogP contribution in [0.3, 0.4) is 0 Å². The van der Waals surface area contributed by atoms with Crippen molar-refractivity contribution in [2.75, 3.05) is 0 Å². The highest BCUT2D eigenvalue weighted by Gasteiger charge is 2.39. The van der Waals surface area contributed by atoms with Gasteiger partial charge < -0.3 is 5.11 Å². The van der Waals surface area contributed by atoms with Crippen molar-refractivity contribution in [2.24, 2.45) is 5.92 Å². The summed E-state index contributed by atoms with van der Waals surface area (Å²) in [5.74, 6) is 1.15. The molecule has 0 aromatic carbocycles. The molecule has 0 aliphatic heterocycles. The summed E-state index contributed by atoms with van der Waals surface area (Å²) in [6.45, 7) is 4.37. The summed E-state index contributed by atoms with van der Waals surface area (Å²) in [5.41, 5.74) is 0. The van der Waals surface area contributed by atoms with Crippen LogP contribution in [0, 0.1) is 5.92 Å². The second-order valence-corrected chi connectivity index (χ2v) is 5.34. The highest BCUT2D eigenvalue weighted by Crippen LogP contribution is 2.46. The molecular formula is C12H18OS. The third-order valence-corrected chi connectivity index (χ3v) is 4.74. The van der Waals surface area contributed by atoms with Gasteiger partial charge in [-0.15, -0.1) is 11.3 Å². The Morgan fingerprint density at radius 1 is 1.43 bits per heavy atom. The van der Waals surface area contributed by atoms with E-state index in [1.165, 1.54) is 9.75 Å². The molecule has 0 saturated heterocycles. The molecule has 0 spiro atoms. The molecule has 1 aliphatic carbocycles. The van der Waals surface area contributed by atoms with Crippen molar-refractivity contribution in [2.45, 2.75) is 45.1 Å². The second kappa shape index (κ2) is 4.03. The van der Waals surface area contributed by atoms with E-state index in [4.69, 9.17) is 0 Å². The average Bonchev–Trinajstić information content (AvgIpc) is 2.62. The van der Waals surface area contributed by atoms with E-state index in [9.17, 15) is 5.11 Å². The van der Waals surface area contributed by atoms with Crippen LogP contribution in [-0.2, 0) is 6.42 Å². The lowest BCUT2D eigenvalue weighted by Crippen LogP contribution is -2.38. The topological polar surface area (TPSA) is 20.2 Å². The molecule has 1 aromatic heterocycles. The van der Waals surface area contributed by atoms with Gasteiger partial charge in [-0.3, -0.25) is 0 Å². The van der Waals surface area contributed by atoms with Gasteiger partial charge in [0.25, 0.3) is 0 Å². The quantitative estimate of drug-likeness (QED) is 0.812. The average molecular weight is 210 g/mol. The Labute approximate surface area is 89.8 Å². The molecule has 1 heterocycles. The number of rotatable bonds is 3. The van der Waals surface area contributed by atoms with E-state index < -0.39 is 0 Å². The van der Waals surface area contributed by atoms with Crippen LogP contribution in [0.15, 0.2) is 12.1 Å². The van der Waals surface area contributed by atoms with Crippen LogP contribution in [0.1, 0.15) is 42.4 Å². The summed E-state index contributed by atoms with van der Waals surface area (Å²) >= 11 is 1.93. The Balaban J connectivity index is 2.08. The predicted molar refractivity (Wildman–Crippen MR) is 60.8 cm³/mol. The zero-order valence-electron chi connectivity index (χ0n) is 8.86. The van der Waals surface area contributed by atoms with E-state index in [1.807, 2.05) is 11.3 Å². The molecule has 1 aromatic rings. The summed E-state index contributed by atoms with van der Waals surface area (Å²) in [4.78, 5) is 2.95. The summed E-state index contributed by atoms with van der Waals surface area (Å²) in [7, 11) is 0. The number of aliphatic hydroxyl groups is 1. The Hall–Kier alpha value is -0.340. The summed E-state index contributed by atoms with van der Waals surface area (Å²) in [6.07, 6.45) is 3.17. The zero-order chi connectivity index (χ0) is 10.1. The van der Waals surface area contributed by atoms with Crippen LogP contribution in [0.4, 0.5) is 0 Å². The van der Waals surface area contributed by atoms with E-state index >= 15 is 0 Å². The van der Waals surface area contributed by atoms with Gasteiger partial charge in [-0.2, -0.15) is 0 Å². The maximum absolute atomic E-state index is 9.61. The minimum absolute atomic E-state index is 0.0443. The molecule has 1 nitrogen and oxygen atoms in total. The van der Waals surface area contributed by atoms with Crippen molar-refractivity contribution >= 4 is 11.3 Å². The highest BCUT2D eigenvalue weighted by atomic mass is 32.1. The fraction of sp³-hybridized carbons (Fsp3) is 0.667. The van der Waals surface area contributed by atoms with Crippen LogP contribution in [0.25, 0.3) is 0 Å².